The number of nitrogens with zero attached hydrogens (tertiary/aromatic N) is 5. The number of nitrogens with one attached hydrogen (secondary N) is 1. The first-order valence-corrected chi connectivity index (χ1v) is 14.1. The van der Waals surface area contributed by atoms with Crippen LogP contribution in [0.4, 0.5) is 11.8 Å². The minimum absolute atomic E-state index is 0.0209. The van der Waals surface area contributed by atoms with Gasteiger partial charge in [-0.05, 0) is 56.8 Å². The second kappa shape index (κ2) is 7.58. The highest BCUT2D eigenvalue weighted by Gasteiger charge is 2.55. The molecule has 10 heteroatoms. The van der Waals surface area contributed by atoms with Gasteiger partial charge in [-0.2, -0.15) is 4.98 Å². The summed E-state index contributed by atoms with van der Waals surface area (Å²) in [6.45, 7) is 1.92. The summed E-state index contributed by atoms with van der Waals surface area (Å²) in [6, 6.07) is 0. The minimum atomic E-state index is -1.08. The van der Waals surface area contributed by atoms with E-state index in [0.29, 0.717) is 34.3 Å². The van der Waals surface area contributed by atoms with Crippen molar-refractivity contribution >= 4 is 34.2 Å². The molecule has 2 aromatic heterocycles. The molecule has 34 heavy (non-hydrogen) atoms. The topological polar surface area (TPSA) is 104 Å². The van der Waals surface area contributed by atoms with E-state index >= 15 is 0 Å². The molecular weight excluding hydrogens is 472 g/mol. The summed E-state index contributed by atoms with van der Waals surface area (Å²) >= 11 is 5.97. The van der Waals surface area contributed by atoms with Crippen LogP contribution in [-0.2, 0) is 16.2 Å². The first-order chi connectivity index (χ1) is 16.5. The molecule has 2 aliphatic heterocycles. The zero-order valence-corrected chi connectivity index (χ0v) is 20.6. The molecule has 5 aliphatic rings. The summed E-state index contributed by atoms with van der Waals surface area (Å²) in [5.74, 6) is 4.53. The van der Waals surface area contributed by atoms with E-state index in [1.54, 1.807) is 12.4 Å². The molecule has 0 bridgehead atoms. The van der Waals surface area contributed by atoms with Gasteiger partial charge in [0.05, 0.1) is 33.7 Å². The van der Waals surface area contributed by atoms with Gasteiger partial charge in [-0.15, -0.1) is 0 Å². The summed E-state index contributed by atoms with van der Waals surface area (Å²) in [5.41, 5.74) is 0.638. The summed E-state index contributed by atoms with van der Waals surface area (Å²) < 4.78 is 13.1. The Balaban J connectivity index is 1.16. The smallest absolute Gasteiger partial charge is 0.227 e. The summed E-state index contributed by atoms with van der Waals surface area (Å²) in [7, 11) is -1.08. The molecule has 7 rings (SSSR count). The Bertz CT molecular complexity index is 1150. The molecule has 3 saturated carbocycles. The van der Waals surface area contributed by atoms with Gasteiger partial charge < -0.3 is 15.3 Å². The van der Waals surface area contributed by atoms with E-state index in [0.717, 1.165) is 80.4 Å². The fraction of sp³-hybridized carbons (Fsp3) is 0.667. The second-order valence-electron chi connectivity index (χ2n) is 11.1. The van der Waals surface area contributed by atoms with Crippen LogP contribution >= 0.6 is 11.6 Å². The number of fused-ring (bicyclic) bond motifs is 3. The van der Waals surface area contributed by atoms with E-state index < -0.39 is 10.8 Å². The van der Waals surface area contributed by atoms with Crippen molar-refractivity contribution in [2.75, 3.05) is 35.7 Å². The van der Waals surface area contributed by atoms with Gasteiger partial charge in [-0.3, -0.25) is 4.21 Å². The van der Waals surface area contributed by atoms with Crippen molar-refractivity contribution < 1.29 is 9.32 Å². The molecule has 3 atom stereocenters. The molecule has 180 valence electrons. The van der Waals surface area contributed by atoms with E-state index in [1.165, 1.54) is 0 Å². The second-order valence-corrected chi connectivity index (χ2v) is 12.9. The number of aliphatic hydroxyl groups is 1. The van der Waals surface area contributed by atoms with Gasteiger partial charge in [0.1, 0.15) is 16.5 Å². The number of hydrogen-bond donors (Lipinski definition) is 2. The third kappa shape index (κ3) is 3.30. The first-order valence-electron chi connectivity index (χ1n) is 12.4. The molecule has 1 saturated heterocycles. The molecule has 0 aromatic carbocycles. The van der Waals surface area contributed by atoms with Gasteiger partial charge >= 0.3 is 0 Å². The van der Waals surface area contributed by atoms with Crippen LogP contribution in [0.15, 0.2) is 17.3 Å². The maximum atomic E-state index is 13.1. The SMILES string of the molecule is O=[S@]1CC2(CC2)c2nc(N3CC4CC(c5ncc(Cl)cn5)CC4C3)nc(NC3(CO)CCC3)c21. The fourth-order valence-electron chi connectivity index (χ4n) is 6.55. The van der Waals surface area contributed by atoms with Crippen molar-refractivity contribution in [3.8, 4) is 0 Å². The van der Waals surface area contributed by atoms with Crippen LogP contribution in [0.1, 0.15) is 62.4 Å². The van der Waals surface area contributed by atoms with Crippen LogP contribution in [0.25, 0.3) is 0 Å². The minimum Gasteiger partial charge on any atom is -0.394 e. The van der Waals surface area contributed by atoms with Crippen molar-refractivity contribution in [1.29, 1.82) is 0 Å². The molecule has 0 amide bonds. The predicted octanol–water partition coefficient (Wildman–Crippen LogP) is 3.03. The van der Waals surface area contributed by atoms with Crippen molar-refractivity contribution in [2.45, 2.75) is 66.7 Å². The van der Waals surface area contributed by atoms with Gasteiger partial charge in [0.2, 0.25) is 5.95 Å². The van der Waals surface area contributed by atoms with Gasteiger partial charge in [-0.1, -0.05) is 11.6 Å². The molecule has 4 heterocycles. The van der Waals surface area contributed by atoms with Gasteiger partial charge in [0.25, 0.3) is 0 Å². The van der Waals surface area contributed by atoms with Crippen LogP contribution in [-0.4, -0.2) is 60.2 Å². The Morgan fingerprint density at radius 2 is 1.82 bits per heavy atom. The molecular formula is C24H29ClN6O2S. The highest BCUT2D eigenvalue weighted by molar-refractivity contribution is 7.85. The zero-order chi connectivity index (χ0) is 23.1. The molecule has 0 radical (unpaired) electrons. The van der Waals surface area contributed by atoms with E-state index in [2.05, 4.69) is 20.2 Å². The Morgan fingerprint density at radius 1 is 1.12 bits per heavy atom. The van der Waals surface area contributed by atoms with Crippen LogP contribution in [0.3, 0.4) is 0 Å². The van der Waals surface area contributed by atoms with Crippen molar-refractivity contribution in [3.05, 3.63) is 28.9 Å². The summed E-state index contributed by atoms with van der Waals surface area (Å²) in [6.07, 6.45) is 10.6. The average molecular weight is 501 g/mol. The Morgan fingerprint density at radius 3 is 2.41 bits per heavy atom. The lowest BCUT2D eigenvalue weighted by Crippen LogP contribution is -2.48. The quantitative estimate of drug-likeness (QED) is 0.645. The lowest BCUT2D eigenvalue weighted by molar-refractivity contribution is 0.143. The lowest BCUT2D eigenvalue weighted by atomic mass is 9.77. The number of aromatic nitrogens is 4. The molecule has 1 spiro atoms. The Hall–Kier alpha value is -1.84. The molecule has 2 unspecified atom stereocenters. The molecule has 2 aromatic rings. The number of halogens is 1. The van der Waals surface area contributed by atoms with Crippen LogP contribution < -0.4 is 10.2 Å². The van der Waals surface area contributed by atoms with E-state index in [9.17, 15) is 9.32 Å². The molecule has 4 fully saturated rings. The van der Waals surface area contributed by atoms with Crippen LogP contribution in [0.5, 0.6) is 0 Å². The van der Waals surface area contributed by atoms with Crippen LogP contribution in [0, 0.1) is 11.8 Å². The third-order valence-corrected chi connectivity index (χ3v) is 10.7. The maximum absolute atomic E-state index is 13.1. The Kier molecular flexibility index (Phi) is 4.78. The maximum Gasteiger partial charge on any atom is 0.227 e. The summed E-state index contributed by atoms with van der Waals surface area (Å²) in [5, 5.41) is 14.2. The monoisotopic (exact) mass is 500 g/mol. The van der Waals surface area contributed by atoms with E-state index in [4.69, 9.17) is 21.6 Å². The summed E-state index contributed by atoms with van der Waals surface area (Å²) in [4.78, 5) is 22.1. The average Bonchev–Trinajstić information content (AvgIpc) is 3.16. The van der Waals surface area contributed by atoms with Gasteiger partial charge in [-0.25, -0.2) is 15.0 Å². The van der Waals surface area contributed by atoms with Crippen molar-refractivity contribution in [3.63, 3.8) is 0 Å². The standard InChI is InChI=1S/C24H29ClN6O2S/c25-17-8-26-20(27-9-17)14-6-15-10-31(11-16(15)7-14)22-28-19-18(34(33)13-23(19)4-5-23)21(29-22)30-24(12-32)2-1-3-24/h8-9,14-16,32H,1-7,10-13H2,(H,28,29,30)/t14?,15?,16?,34-/m0/s1. The number of hydrogen-bond acceptors (Lipinski definition) is 8. The Labute approximate surface area is 206 Å². The van der Waals surface area contributed by atoms with E-state index in [1.807, 2.05) is 0 Å². The third-order valence-electron chi connectivity index (χ3n) is 8.88. The fourth-order valence-corrected chi connectivity index (χ4v) is 8.51. The van der Waals surface area contributed by atoms with Crippen molar-refractivity contribution in [2.24, 2.45) is 11.8 Å². The first kappa shape index (κ1) is 21.4. The molecule has 3 aliphatic carbocycles. The highest BCUT2D eigenvalue weighted by atomic mass is 35.5. The predicted molar refractivity (Wildman–Crippen MR) is 130 cm³/mol. The van der Waals surface area contributed by atoms with Gasteiger partial charge in [0, 0.05) is 42.6 Å². The number of rotatable bonds is 5. The highest BCUT2D eigenvalue weighted by Crippen LogP contribution is 2.56. The van der Waals surface area contributed by atoms with Gasteiger partial charge in [0.15, 0.2) is 0 Å². The van der Waals surface area contributed by atoms with E-state index in [-0.39, 0.29) is 17.6 Å². The van der Waals surface area contributed by atoms with Crippen LogP contribution in [0.2, 0.25) is 5.02 Å². The number of aliphatic hydroxyl groups excluding tert-OH is 1. The zero-order valence-electron chi connectivity index (χ0n) is 19.0. The normalized spacial score (nSPS) is 31.9. The molecule has 2 N–H and O–H groups in total. The van der Waals surface area contributed by atoms with Crippen molar-refractivity contribution in [1.82, 2.24) is 19.9 Å². The largest absolute Gasteiger partial charge is 0.394 e. The number of anilines is 2. The molecule has 8 nitrogen and oxygen atoms in total. The lowest BCUT2D eigenvalue weighted by Gasteiger charge is -2.41.